The summed E-state index contributed by atoms with van der Waals surface area (Å²) >= 11 is 1.83. The molecule has 0 aliphatic rings. The van der Waals surface area contributed by atoms with Gasteiger partial charge in [0.15, 0.2) is 0 Å². The number of thiophene rings is 1. The molecular formula is C95H114N2S. The zero-order chi connectivity index (χ0) is 71.2. The van der Waals surface area contributed by atoms with E-state index in [1.807, 2.05) is 66.2 Å². The molecular weight excluding hydrogens is 1200 g/mol. The highest BCUT2D eigenvalue weighted by molar-refractivity contribution is 7.10. The van der Waals surface area contributed by atoms with Crippen molar-refractivity contribution in [3.8, 4) is 11.1 Å². The second-order valence-electron chi connectivity index (χ2n) is 27.5. The minimum atomic E-state index is 0.547. The maximum atomic E-state index is 4.18. The Kier molecular flexibility index (Phi) is 35.8. The molecule has 0 bridgehead atoms. The number of hydrogen-bond acceptors (Lipinski definition) is 3. The Balaban J connectivity index is 0.000000201. The van der Waals surface area contributed by atoms with Gasteiger partial charge in [-0.3, -0.25) is 9.97 Å². The van der Waals surface area contributed by atoms with Gasteiger partial charge in [-0.05, 0) is 165 Å². The molecule has 3 aromatic heterocycles. The van der Waals surface area contributed by atoms with Crippen molar-refractivity contribution < 1.29 is 0 Å². The van der Waals surface area contributed by atoms with Gasteiger partial charge in [0.05, 0.1) is 0 Å². The summed E-state index contributed by atoms with van der Waals surface area (Å²) in [6, 6.07) is 99.9. The molecule has 0 saturated heterocycles. The molecule has 0 atom stereocenters. The molecule has 3 heteroatoms. The first-order valence-corrected chi connectivity index (χ1v) is 36.6. The molecule has 0 spiro atoms. The lowest BCUT2D eigenvalue weighted by atomic mass is 9.96. The molecule has 13 aromatic rings. The third-order valence-corrected chi connectivity index (χ3v) is 17.9. The normalized spacial score (nSPS) is 10.6. The highest BCUT2D eigenvalue weighted by Gasteiger charge is 2.07. The van der Waals surface area contributed by atoms with Crippen LogP contribution in [0.2, 0.25) is 0 Å². The third kappa shape index (κ3) is 28.2. The van der Waals surface area contributed by atoms with Crippen molar-refractivity contribution in [2.45, 2.75) is 178 Å². The summed E-state index contributed by atoms with van der Waals surface area (Å²) in [5, 5.41) is 10.3. The quantitative estimate of drug-likeness (QED) is 0.136. The maximum absolute atomic E-state index is 4.18. The zero-order valence-electron chi connectivity index (χ0n) is 62.4. The first-order chi connectivity index (χ1) is 47.2. The van der Waals surface area contributed by atoms with Crippen molar-refractivity contribution in [2.24, 2.45) is 0 Å². The van der Waals surface area contributed by atoms with Crippen molar-refractivity contribution in [1.29, 1.82) is 0 Å². The van der Waals surface area contributed by atoms with Crippen LogP contribution in [0.15, 0.2) is 309 Å². The summed E-state index contributed by atoms with van der Waals surface area (Å²) in [5.41, 5.74) is 13.6. The molecule has 0 aliphatic heterocycles. The number of benzene rings is 10. The van der Waals surface area contributed by atoms with Crippen LogP contribution in [-0.4, -0.2) is 9.97 Å². The van der Waals surface area contributed by atoms with Crippen molar-refractivity contribution in [1.82, 2.24) is 9.97 Å². The Morgan fingerprint density at radius 2 is 0.582 bits per heavy atom. The summed E-state index contributed by atoms with van der Waals surface area (Å²) in [5.74, 6) is 5.58. The Morgan fingerprint density at radius 3 is 0.867 bits per heavy atom. The van der Waals surface area contributed by atoms with E-state index in [-0.39, 0.29) is 0 Å². The van der Waals surface area contributed by atoms with Crippen LogP contribution in [0, 0.1) is 0 Å². The highest BCUT2D eigenvalue weighted by atomic mass is 32.1. The maximum Gasteiger partial charge on any atom is 0.0428 e. The molecule has 2 nitrogen and oxygen atoms in total. The number of nitrogens with zero attached hydrogens (tertiary/aromatic N) is 2. The van der Waals surface area contributed by atoms with E-state index >= 15 is 0 Å². The molecule has 10 aromatic carbocycles. The van der Waals surface area contributed by atoms with Crippen molar-refractivity contribution in [2.75, 3.05) is 0 Å². The fraction of sp³-hybridized carbons (Fsp3) is 0.284. The van der Waals surface area contributed by atoms with Gasteiger partial charge in [0.25, 0.3) is 0 Å². The van der Waals surface area contributed by atoms with Crippen LogP contribution in [0.3, 0.4) is 0 Å². The molecule has 98 heavy (non-hydrogen) atoms. The molecule has 510 valence electrons. The lowest BCUT2D eigenvalue weighted by Gasteiger charge is -2.08. The van der Waals surface area contributed by atoms with Gasteiger partial charge in [-0.2, -0.15) is 0 Å². The first kappa shape index (κ1) is 79.7. The van der Waals surface area contributed by atoms with Crippen LogP contribution in [0.5, 0.6) is 0 Å². The summed E-state index contributed by atoms with van der Waals surface area (Å²) in [6.07, 6.45) is 5.53. The average Bonchev–Trinajstić information content (AvgIpc) is 1.33. The Labute approximate surface area is 597 Å². The monoisotopic (exact) mass is 1310 g/mol. The number of pyridine rings is 2. The van der Waals surface area contributed by atoms with Crippen molar-refractivity contribution in [3.63, 3.8) is 0 Å². The van der Waals surface area contributed by atoms with Gasteiger partial charge in [-0.25, -0.2) is 0 Å². The summed E-state index contributed by atoms with van der Waals surface area (Å²) in [7, 11) is 0. The lowest BCUT2D eigenvalue weighted by Crippen LogP contribution is -1.88. The summed E-state index contributed by atoms with van der Waals surface area (Å²) < 4.78 is 0. The zero-order valence-corrected chi connectivity index (χ0v) is 63.3. The molecule has 0 aliphatic carbocycles. The van der Waals surface area contributed by atoms with E-state index in [0.29, 0.717) is 53.3 Å². The highest BCUT2D eigenvalue weighted by Crippen LogP contribution is 2.28. The van der Waals surface area contributed by atoms with Crippen LogP contribution in [-0.2, 0) is 0 Å². The fourth-order valence-electron chi connectivity index (χ4n) is 10.7. The topological polar surface area (TPSA) is 25.8 Å². The van der Waals surface area contributed by atoms with E-state index < -0.39 is 0 Å². The molecule has 0 N–H and O–H groups in total. The van der Waals surface area contributed by atoms with Crippen LogP contribution in [0.4, 0.5) is 0 Å². The smallest absolute Gasteiger partial charge is 0.0428 e. The van der Waals surface area contributed by atoms with E-state index in [1.165, 1.54) is 87.3 Å². The van der Waals surface area contributed by atoms with Gasteiger partial charge in [0.1, 0.15) is 0 Å². The minimum absolute atomic E-state index is 0.547. The Bertz CT molecular complexity index is 3760. The second-order valence-corrected chi connectivity index (χ2v) is 28.4. The van der Waals surface area contributed by atoms with Gasteiger partial charge in [0, 0.05) is 29.2 Å². The second kappa shape index (κ2) is 44.0. The lowest BCUT2D eigenvalue weighted by molar-refractivity contribution is 0.823. The number of aromatic nitrogens is 2. The molecule has 0 radical (unpaired) electrons. The summed E-state index contributed by atoms with van der Waals surface area (Å²) in [4.78, 5) is 9.66. The van der Waals surface area contributed by atoms with Crippen molar-refractivity contribution in [3.05, 3.63) is 359 Å². The van der Waals surface area contributed by atoms with Crippen molar-refractivity contribution >= 4 is 43.7 Å². The molecule has 0 fully saturated rings. The van der Waals surface area contributed by atoms with Gasteiger partial charge in [0.2, 0.25) is 0 Å². The number of hydrogen-bond donors (Lipinski definition) is 0. The first-order valence-electron chi connectivity index (χ1n) is 35.7. The van der Waals surface area contributed by atoms with E-state index in [1.54, 1.807) is 6.20 Å². The van der Waals surface area contributed by atoms with Gasteiger partial charge in [-0.1, -0.05) is 385 Å². The summed E-state index contributed by atoms with van der Waals surface area (Å²) in [6.45, 7) is 39.7. The molecule has 13 rings (SSSR count). The molecule has 0 saturated carbocycles. The van der Waals surface area contributed by atoms with Gasteiger partial charge < -0.3 is 0 Å². The van der Waals surface area contributed by atoms with Crippen LogP contribution < -0.4 is 0 Å². The van der Waals surface area contributed by atoms with Crippen LogP contribution in [0.1, 0.15) is 227 Å². The largest absolute Gasteiger partial charge is 0.264 e. The molecule has 0 amide bonds. The van der Waals surface area contributed by atoms with E-state index in [0.717, 1.165) is 5.69 Å². The number of fused-ring (bicyclic) bond motifs is 3. The predicted octanol–water partition coefficient (Wildman–Crippen LogP) is 29.3. The third-order valence-electron chi connectivity index (χ3n) is 16.7. The van der Waals surface area contributed by atoms with E-state index in [4.69, 9.17) is 0 Å². The van der Waals surface area contributed by atoms with Crippen LogP contribution >= 0.6 is 11.3 Å². The minimum Gasteiger partial charge on any atom is -0.264 e. The predicted molar refractivity (Wildman–Crippen MR) is 436 cm³/mol. The van der Waals surface area contributed by atoms with Crippen LogP contribution in [0.25, 0.3) is 43.4 Å². The SMILES string of the molecule is CC(C)c1ccc(-c2ccccc2)cc1.CC(C)c1cccc2ccccc12.CC(C)c1cccc2ccccc12.CC(C)c1cccc2ccccc12.CC(C)c1ccccc1.CC(C)c1ccccc1.CC(C)c1ccccn1.CC(C)c1cccnc1.CC(C)c1cccs1. The van der Waals surface area contributed by atoms with E-state index in [2.05, 4.69) is 383 Å². The number of rotatable bonds is 10. The molecule has 3 heterocycles. The Morgan fingerprint density at radius 1 is 0.235 bits per heavy atom. The van der Waals surface area contributed by atoms with Gasteiger partial charge >= 0.3 is 0 Å². The fourth-order valence-corrected chi connectivity index (χ4v) is 11.4. The van der Waals surface area contributed by atoms with Gasteiger partial charge in [-0.15, -0.1) is 11.3 Å². The Hall–Kier alpha value is -9.02. The molecule has 0 unspecified atom stereocenters. The van der Waals surface area contributed by atoms with E-state index in [9.17, 15) is 0 Å². The average molecular weight is 1320 g/mol. The standard InChI is InChI=1S/C15H16.3C13H14.2C9H12.2C8H11N.C7H10S/c1-12(2)13-8-10-15(11-9-13)14-6-4-3-5-7-14;3*1-10(2)12-9-5-7-11-6-3-4-8-13(11)12;2*1-8(2)9-6-4-3-5-7-9;1-7(2)8-4-3-5-9-6-8;1-7(2)8-5-3-4-6-9-8;1-6(2)7-4-3-5-8-7/h3-12H,1-2H3;3*3-10H,1-2H3;2*3-8H,1-2H3;2*3-7H,1-2H3;3-6H,1-2H3.